The molecule has 1 amide bonds. The number of amides is 1. The smallest absolute Gasteiger partial charge is 0.262 e. The van der Waals surface area contributed by atoms with Crippen molar-refractivity contribution >= 4 is 34.1 Å². The normalized spacial score (nSPS) is 15.7. The lowest BCUT2D eigenvalue weighted by Crippen LogP contribution is -2.58. The van der Waals surface area contributed by atoms with Gasteiger partial charge in [-0.05, 0) is 64.1 Å². The van der Waals surface area contributed by atoms with Gasteiger partial charge < -0.3 is 15.5 Å². The summed E-state index contributed by atoms with van der Waals surface area (Å²) < 4.78 is 15.1. The van der Waals surface area contributed by atoms with Crippen LogP contribution in [0.15, 0.2) is 41.2 Å². The summed E-state index contributed by atoms with van der Waals surface area (Å²) in [7, 11) is 0. The molecule has 0 bridgehead atoms. The summed E-state index contributed by atoms with van der Waals surface area (Å²) >= 11 is 6.00. The standard InChI is InChI=1S/C25H29ClFN5O2/c1-15(2)29-22(33)13-31-23(16-5-7-20(27)19(26)11-16)30-21-8-6-17(12-18(21)24(31)34)32-10-9-28-14-25(32,3)4/h5-8,11-12,15,28H,9-10,13-14H2,1-4H3,(H,29,33). The second-order valence-corrected chi connectivity index (χ2v) is 9.93. The Hall–Kier alpha value is -2.97. The van der Waals surface area contributed by atoms with E-state index in [2.05, 4.69) is 29.4 Å². The lowest BCUT2D eigenvalue weighted by Gasteiger charge is -2.44. The molecule has 1 aliphatic rings. The molecular formula is C25H29ClFN5O2. The summed E-state index contributed by atoms with van der Waals surface area (Å²) in [6.45, 7) is 10.3. The number of hydrogen-bond acceptors (Lipinski definition) is 5. The zero-order valence-corrected chi connectivity index (χ0v) is 20.5. The number of aromatic nitrogens is 2. The molecular weight excluding hydrogens is 457 g/mol. The molecule has 7 nitrogen and oxygen atoms in total. The fraction of sp³-hybridized carbons (Fsp3) is 0.400. The van der Waals surface area contributed by atoms with Crippen molar-refractivity contribution in [3.63, 3.8) is 0 Å². The minimum atomic E-state index is -0.569. The first-order valence-electron chi connectivity index (χ1n) is 11.3. The van der Waals surface area contributed by atoms with Gasteiger partial charge in [-0.25, -0.2) is 9.37 Å². The number of piperazine rings is 1. The van der Waals surface area contributed by atoms with Crippen LogP contribution in [0.25, 0.3) is 22.3 Å². The molecule has 2 aromatic carbocycles. The molecule has 1 fully saturated rings. The molecule has 0 atom stereocenters. The first-order chi connectivity index (χ1) is 16.1. The van der Waals surface area contributed by atoms with Crippen LogP contribution in [0.2, 0.25) is 5.02 Å². The second kappa shape index (κ2) is 9.35. The lowest BCUT2D eigenvalue weighted by molar-refractivity contribution is -0.122. The van der Waals surface area contributed by atoms with E-state index in [1.807, 2.05) is 32.0 Å². The van der Waals surface area contributed by atoms with Gasteiger partial charge in [0.05, 0.1) is 15.9 Å². The Labute approximate surface area is 202 Å². The number of anilines is 1. The van der Waals surface area contributed by atoms with Crippen LogP contribution in [-0.2, 0) is 11.3 Å². The molecule has 0 saturated carbocycles. The van der Waals surface area contributed by atoms with Crippen molar-refractivity contribution in [3.8, 4) is 11.4 Å². The maximum Gasteiger partial charge on any atom is 0.262 e. The quantitative estimate of drug-likeness (QED) is 0.577. The van der Waals surface area contributed by atoms with Crippen molar-refractivity contribution in [1.82, 2.24) is 20.2 Å². The number of nitrogens with one attached hydrogen (secondary N) is 2. The monoisotopic (exact) mass is 485 g/mol. The third-order valence-electron chi connectivity index (χ3n) is 5.98. The fourth-order valence-corrected chi connectivity index (χ4v) is 4.53. The Morgan fingerprint density at radius 3 is 2.71 bits per heavy atom. The van der Waals surface area contributed by atoms with Gasteiger partial charge in [0.25, 0.3) is 5.56 Å². The van der Waals surface area contributed by atoms with E-state index in [-0.39, 0.29) is 40.4 Å². The van der Waals surface area contributed by atoms with Crippen LogP contribution in [0.3, 0.4) is 0 Å². The van der Waals surface area contributed by atoms with Crippen molar-refractivity contribution in [2.75, 3.05) is 24.5 Å². The molecule has 0 radical (unpaired) electrons. The summed E-state index contributed by atoms with van der Waals surface area (Å²) in [5.74, 6) is -0.624. The molecule has 0 aliphatic carbocycles. The van der Waals surface area contributed by atoms with E-state index in [0.717, 1.165) is 25.3 Å². The molecule has 2 heterocycles. The van der Waals surface area contributed by atoms with Crippen LogP contribution < -0.4 is 21.1 Å². The lowest BCUT2D eigenvalue weighted by atomic mass is 9.98. The van der Waals surface area contributed by atoms with Crippen molar-refractivity contribution in [2.24, 2.45) is 0 Å². The van der Waals surface area contributed by atoms with E-state index >= 15 is 0 Å². The second-order valence-electron chi connectivity index (χ2n) is 9.52. The van der Waals surface area contributed by atoms with Crippen molar-refractivity contribution in [2.45, 2.75) is 45.8 Å². The van der Waals surface area contributed by atoms with Gasteiger partial charge >= 0.3 is 0 Å². The molecule has 180 valence electrons. The molecule has 9 heteroatoms. The fourth-order valence-electron chi connectivity index (χ4n) is 4.35. The van der Waals surface area contributed by atoms with Crippen molar-refractivity contribution < 1.29 is 9.18 Å². The third-order valence-corrected chi connectivity index (χ3v) is 6.27. The summed E-state index contributed by atoms with van der Waals surface area (Å²) in [6.07, 6.45) is 0. The molecule has 0 spiro atoms. The Balaban J connectivity index is 1.88. The zero-order valence-electron chi connectivity index (χ0n) is 19.8. The maximum absolute atomic E-state index is 13.8. The first-order valence-corrected chi connectivity index (χ1v) is 11.7. The number of nitrogens with zero attached hydrogens (tertiary/aromatic N) is 3. The molecule has 3 aromatic rings. The minimum Gasteiger partial charge on any atom is -0.364 e. The number of fused-ring (bicyclic) bond motifs is 1. The minimum absolute atomic E-state index is 0.0816. The topological polar surface area (TPSA) is 79.3 Å². The van der Waals surface area contributed by atoms with Gasteiger partial charge in [-0.2, -0.15) is 0 Å². The average molecular weight is 486 g/mol. The molecule has 0 unspecified atom stereocenters. The Bertz CT molecular complexity index is 1300. The van der Waals surface area contributed by atoms with Gasteiger partial charge in [-0.1, -0.05) is 11.6 Å². The van der Waals surface area contributed by atoms with Crippen LogP contribution in [0, 0.1) is 5.82 Å². The van der Waals surface area contributed by atoms with Crippen LogP contribution in [-0.4, -0.2) is 46.7 Å². The van der Waals surface area contributed by atoms with Crippen LogP contribution in [0.1, 0.15) is 27.7 Å². The SMILES string of the molecule is CC(C)NC(=O)Cn1c(-c2ccc(F)c(Cl)c2)nc2ccc(N3CCNCC3(C)C)cc2c1=O. The Morgan fingerprint density at radius 2 is 2.03 bits per heavy atom. The molecule has 1 saturated heterocycles. The number of hydrogen-bond donors (Lipinski definition) is 2. The van der Waals surface area contributed by atoms with E-state index in [0.29, 0.717) is 16.5 Å². The first kappa shape index (κ1) is 24.2. The van der Waals surface area contributed by atoms with E-state index < -0.39 is 5.82 Å². The van der Waals surface area contributed by atoms with Crippen LogP contribution in [0.4, 0.5) is 10.1 Å². The predicted octanol–water partition coefficient (Wildman–Crippen LogP) is 3.57. The van der Waals surface area contributed by atoms with Gasteiger partial charge in [0, 0.05) is 42.5 Å². The highest BCUT2D eigenvalue weighted by molar-refractivity contribution is 6.31. The summed E-state index contributed by atoms with van der Waals surface area (Å²) in [4.78, 5) is 33.3. The van der Waals surface area contributed by atoms with Gasteiger partial charge in [0.1, 0.15) is 18.2 Å². The highest BCUT2D eigenvalue weighted by Crippen LogP contribution is 2.29. The van der Waals surface area contributed by atoms with Crippen LogP contribution in [0.5, 0.6) is 0 Å². The number of carbonyl (C=O) groups is 1. The largest absolute Gasteiger partial charge is 0.364 e. The zero-order chi connectivity index (χ0) is 24.6. The summed E-state index contributed by atoms with van der Waals surface area (Å²) in [5.41, 5.74) is 1.41. The third kappa shape index (κ3) is 4.79. The highest BCUT2D eigenvalue weighted by atomic mass is 35.5. The molecule has 34 heavy (non-hydrogen) atoms. The van der Waals surface area contributed by atoms with E-state index in [9.17, 15) is 14.0 Å². The van der Waals surface area contributed by atoms with E-state index in [4.69, 9.17) is 16.6 Å². The number of rotatable bonds is 5. The van der Waals surface area contributed by atoms with Gasteiger partial charge in [-0.3, -0.25) is 14.2 Å². The van der Waals surface area contributed by atoms with Crippen molar-refractivity contribution in [3.05, 3.63) is 57.6 Å². The molecule has 1 aromatic heterocycles. The molecule has 2 N–H and O–H groups in total. The van der Waals surface area contributed by atoms with E-state index in [1.54, 1.807) is 0 Å². The maximum atomic E-state index is 13.8. The summed E-state index contributed by atoms with van der Waals surface area (Å²) in [6, 6.07) is 9.68. The average Bonchev–Trinajstić information content (AvgIpc) is 2.76. The highest BCUT2D eigenvalue weighted by Gasteiger charge is 2.30. The van der Waals surface area contributed by atoms with Crippen LogP contribution >= 0.6 is 11.6 Å². The van der Waals surface area contributed by atoms with E-state index in [1.165, 1.54) is 22.8 Å². The molecule has 1 aliphatic heterocycles. The van der Waals surface area contributed by atoms with Gasteiger partial charge in [0.15, 0.2) is 0 Å². The van der Waals surface area contributed by atoms with Gasteiger partial charge in [0.2, 0.25) is 5.91 Å². The number of benzene rings is 2. The summed E-state index contributed by atoms with van der Waals surface area (Å²) in [5, 5.41) is 6.55. The van der Waals surface area contributed by atoms with Gasteiger partial charge in [-0.15, -0.1) is 0 Å². The predicted molar refractivity (Wildman–Crippen MR) is 134 cm³/mol. The Kier molecular flexibility index (Phi) is 6.64. The number of halogens is 2. The Morgan fingerprint density at radius 1 is 1.26 bits per heavy atom. The van der Waals surface area contributed by atoms with Crippen molar-refractivity contribution in [1.29, 1.82) is 0 Å². The number of carbonyl (C=O) groups excluding carboxylic acids is 1. The molecule has 4 rings (SSSR count).